The molecule has 0 bridgehead atoms. The van der Waals surface area contributed by atoms with Gasteiger partial charge in [-0.15, -0.1) is 0 Å². The molecule has 1 N–H and O–H groups in total. The van der Waals surface area contributed by atoms with Crippen LogP contribution in [0.25, 0.3) is 0 Å². The van der Waals surface area contributed by atoms with E-state index in [1.54, 1.807) is 25.1 Å². The molecular weight excluding hydrogens is 528 g/mol. The van der Waals surface area contributed by atoms with E-state index in [0.717, 1.165) is 10.6 Å². The highest BCUT2D eigenvalue weighted by Crippen LogP contribution is 2.24. The Morgan fingerprint density at radius 3 is 2.22 bits per heavy atom. The summed E-state index contributed by atoms with van der Waals surface area (Å²) in [6, 6.07) is 9.32. The number of nitrogens with zero attached hydrogens (tertiary/aromatic N) is 2. The van der Waals surface area contributed by atoms with Gasteiger partial charge in [-0.3, -0.25) is 13.9 Å². The van der Waals surface area contributed by atoms with Gasteiger partial charge in [0.05, 0.1) is 22.0 Å². The first-order chi connectivity index (χ1) is 16.8. The van der Waals surface area contributed by atoms with Crippen molar-refractivity contribution in [3.05, 3.63) is 63.9 Å². The maximum absolute atomic E-state index is 13.3. The highest BCUT2D eigenvalue weighted by atomic mass is 35.5. The van der Waals surface area contributed by atoms with Crippen molar-refractivity contribution >= 4 is 50.7 Å². The van der Waals surface area contributed by atoms with Gasteiger partial charge in [-0.1, -0.05) is 43.1 Å². The molecular formula is C25H32Cl2FN3O4S. The summed E-state index contributed by atoms with van der Waals surface area (Å²) in [6.45, 7) is 6.20. The molecule has 7 nitrogen and oxygen atoms in total. The Hall–Kier alpha value is -2.36. The number of hydrogen-bond acceptors (Lipinski definition) is 4. The van der Waals surface area contributed by atoms with Crippen LogP contribution >= 0.6 is 23.2 Å². The number of hydrogen-bond donors (Lipinski definition) is 1. The minimum Gasteiger partial charge on any atom is -0.354 e. The average molecular weight is 561 g/mol. The molecule has 0 saturated carbocycles. The molecule has 2 aromatic carbocycles. The van der Waals surface area contributed by atoms with Crippen molar-refractivity contribution < 1.29 is 22.4 Å². The van der Waals surface area contributed by atoms with Crippen LogP contribution in [-0.4, -0.2) is 50.5 Å². The van der Waals surface area contributed by atoms with Gasteiger partial charge in [0, 0.05) is 26.1 Å². The van der Waals surface area contributed by atoms with E-state index in [0.29, 0.717) is 27.8 Å². The normalized spacial score (nSPS) is 12.3. The summed E-state index contributed by atoms with van der Waals surface area (Å²) in [4.78, 5) is 27.5. The fourth-order valence-electron chi connectivity index (χ4n) is 3.48. The molecule has 2 rings (SSSR count). The van der Waals surface area contributed by atoms with Crippen molar-refractivity contribution in [2.75, 3.05) is 23.7 Å². The van der Waals surface area contributed by atoms with Gasteiger partial charge < -0.3 is 10.2 Å². The maximum Gasteiger partial charge on any atom is 0.242 e. The third kappa shape index (κ3) is 8.94. The molecule has 0 spiro atoms. The Labute approximate surface area is 222 Å². The quantitative estimate of drug-likeness (QED) is 0.402. The maximum atomic E-state index is 13.3. The second kappa shape index (κ2) is 13.3. The first-order valence-corrected chi connectivity index (χ1v) is 14.1. The smallest absolute Gasteiger partial charge is 0.242 e. The lowest BCUT2D eigenvalue weighted by atomic mass is 10.1. The van der Waals surface area contributed by atoms with Crippen molar-refractivity contribution in [1.29, 1.82) is 0 Å². The Morgan fingerprint density at radius 1 is 1.03 bits per heavy atom. The van der Waals surface area contributed by atoms with Gasteiger partial charge in [0.1, 0.15) is 11.9 Å². The molecule has 1 atom stereocenters. The van der Waals surface area contributed by atoms with Gasteiger partial charge in [0.2, 0.25) is 21.8 Å². The van der Waals surface area contributed by atoms with E-state index < -0.39 is 21.9 Å². The van der Waals surface area contributed by atoms with Crippen molar-refractivity contribution in [1.82, 2.24) is 10.2 Å². The third-order valence-electron chi connectivity index (χ3n) is 5.46. The fraction of sp³-hybridized carbons (Fsp3) is 0.440. The molecule has 0 radical (unpaired) electrons. The number of anilines is 1. The molecule has 0 fully saturated rings. The predicted octanol–water partition coefficient (Wildman–Crippen LogP) is 4.87. The van der Waals surface area contributed by atoms with Crippen LogP contribution in [0.4, 0.5) is 10.1 Å². The van der Waals surface area contributed by atoms with Crippen molar-refractivity contribution in [2.45, 2.75) is 46.2 Å². The first-order valence-electron chi connectivity index (χ1n) is 11.5. The van der Waals surface area contributed by atoms with Crippen molar-refractivity contribution in [2.24, 2.45) is 5.92 Å². The van der Waals surface area contributed by atoms with Gasteiger partial charge in [-0.25, -0.2) is 12.8 Å². The highest BCUT2D eigenvalue weighted by Gasteiger charge is 2.27. The standard InChI is InChI=1S/C25H32Cl2FN3O4S/c1-17(2)15-29-25(33)18(3)30(16-19-7-12-22(26)23(27)14-19)24(32)6-5-13-31(36(4,34)35)21-10-8-20(28)9-11-21/h7-12,14,17-18H,5-6,13,15-16H2,1-4H3,(H,29,33)/t18-/m1/s1. The van der Waals surface area contributed by atoms with Gasteiger partial charge in [0.15, 0.2) is 0 Å². The van der Waals surface area contributed by atoms with Crippen LogP contribution < -0.4 is 9.62 Å². The minimum atomic E-state index is -3.66. The molecule has 2 aromatic rings. The predicted molar refractivity (Wildman–Crippen MR) is 142 cm³/mol. The number of halogens is 3. The van der Waals surface area contributed by atoms with E-state index >= 15 is 0 Å². The summed E-state index contributed by atoms with van der Waals surface area (Å²) >= 11 is 12.1. The van der Waals surface area contributed by atoms with Gasteiger partial charge >= 0.3 is 0 Å². The molecule has 36 heavy (non-hydrogen) atoms. The van der Waals surface area contributed by atoms with Gasteiger partial charge in [-0.2, -0.15) is 0 Å². The van der Waals surface area contributed by atoms with E-state index in [2.05, 4.69) is 5.32 Å². The molecule has 0 unspecified atom stereocenters. The Bertz CT molecular complexity index is 1160. The zero-order valence-electron chi connectivity index (χ0n) is 20.8. The van der Waals surface area contributed by atoms with E-state index in [9.17, 15) is 22.4 Å². The largest absolute Gasteiger partial charge is 0.354 e. The van der Waals surface area contributed by atoms with Crippen LogP contribution in [0, 0.1) is 11.7 Å². The molecule has 2 amide bonds. The number of carbonyl (C=O) groups is 2. The first kappa shape index (κ1) is 29.9. The van der Waals surface area contributed by atoms with Crippen LogP contribution in [0.3, 0.4) is 0 Å². The summed E-state index contributed by atoms with van der Waals surface area (Å²) in [6.07, 6.45) is 1.24. The number of nitrogens with one attached hydrogen (secondary N) is 1. The minimum absolute atomic E-state index is 0.00363. The van der Waals surface area contributed by atoms with E-state index in [-0.39, 0.29) is 43.7 Å². The van der Waals surface area contributed by atoms with Crippen molar-refractivity contribution in [3.8, 4) is 0 Å². The van der Waals surface area contributed by atoms with E-state index in [1.165, 1.54) is 29.2 Å². The van der Waals surface area contributed by atoms with E-state index in [4.69, 9.17) is 23.2 Å². The topological polar surface area (TPSA) is 86.8 Å². The summed E-state index contributed by atoms with van der Waals surface area (Å²) in [5.41, 5.74) is 1.01. The zero-order chi connectivity index (χ0) is 27.0. The lowest BCUT2D eigenvalue weighted by Crippen LogP contribution is -2.48. The molecule has 0 aliphatic rings. The van der Waals surface area contributed by atoms with Crippen LogP contribution in [0.15, 0.2) is 42.5 Å². The molecule has 0 aliphatic carbocycles. The van der Waals surface area contributed by atoms with Crippen LogP contribution in [0.5, 0.6) is 0 Å². The fourth-order valence-corrected chi connectivity index (χ4v) is 4.77. The molecule has 0 saturated heterocycles. The summed E-state index contributed by atoms with van der Waals surface area (Å²) in [5, 5.41) is 3.56. The number of amides is 2. The zero-order valence-corrected chi connectivity index (χ0v) is 23.1. The van der Waals surface area contributed by atoms with Crippen LogP contribution in [-0.2, 0) is 26.2 Å². The van der Waals surface area contributed by atoms with Gasteiger partial charge in [-0.05, 0) is 61.2 Å². The average Bonchev–Trinajstić information content (AvgIpc) is 2.80. The molecule has 0 heterocycles. The van der Waals surface area contributed by atoms with Crippen LogP contribution in [0.2, 0.25) is 10.0 Å². The second-order valence-corrected chi connectivity index (χ2v) is 11.7. The second-order valence-electron chi connectivity index (χ2n) is 9.00. The number of carbonyl (C=O) groups excluding carboxylic acids is 2. The monoisotopic (exact) mass is 559 g/mol. The lowest BCUT2D eigenvalue weighted by Gasteiger charge is -2.29. The third-order valence-corrected chi connectivity index (χ3v) is 7.39. The Morgan fingerprint density at radius 2 is 1.67 bits per heavy atom. The molecule has 11 heteroatoms. The highest BCUT2D eigenvalue weighted by molar-refractivity contribution is 7.92. The molecule has 0 aliphatic heterocycles. The summed E-state index contributed by atoms with van der Waals surface area (Å²) < 4.78 is 39.0. The SMILES string of the molecule is CC(C)CNC(=O)[C@@H](C)N(Cc1ccc(Cl)c(Cl)c1)C(=O)CCCN(c1ccc(F)cc1)S(C)(=O)=O. The molecule has 0 aromatic heterocycles. The van der Waals surface area contributed by atoms with Crippen LogP contribution in [0.1, 0.15) is 39.2 Å². The number of benzene rings is 2. The Kier molecular flexibility index (Phi) is 11.0. The van der Waals surface area contributed by atoms with E-state index in [1.807, 2.05) is 13.8 Å². The number of rotatable bonds is 12. The lowest BCUT2D eigenvalue weighted by molar-refractivity contribution is -0.140. The molecule has 198 valence electrons. The van der Waals surface area contributed by atoms with Gasteiger partial charge in [0.25, 0.3) is 0 Å². The van der Waals surface area contributed by atoms with Crippen molar-refractivity contribution in [3.63, 3.8) is 0 Å². The summed E-state index contributed by atoms with van der Waals surface area (Å²) in [7, 11) is -3.66. The summed E-state index contributed by atoms with van der Waals surface area (Å²) in [5.74, 6) is -0.846. The Balaban J connectivity index is 2.18. The number of sulfonamides is 1.